The average Bonchev–Trinajstić information content (AvgIpc) is 2.42. The molecule has 0 aromatic rings. The minimum atomic E-state index is -1.49. The molecule has 8 nitrogen and oxygen atoms in total. The second-order valence-electron chi connectivity index (χ2n) is 3.98. The lowest BCUT2D eigenvalue weighted by Crippen LogP contribution is -2.59. The molecule has 1 aliphatic heterocycles. The monoisotopic (exact) mass is 280 g/mol. The van der Waals surface area contributed by atoms with E-state index in [2.05, 4.69) is 6.58 Å². The quantitative estimate of drug-likeness (QED) is 0.173. The summed E-state index contributed by atoms with van der Waals surface area (Å²) in [5.74, 6) is 0. The fourth-order valence-corrected chi connectivity index (χ4v) is 1.52. The number of aliphatic hydroxyl groups excluding tert-OH is 4. The summed E-state index contributed by atoms with van der Waals surface area (Å²) < 4.78 is 10.1. The summed E-state index contributed by atoms with van der Waals surface area (Å²) in [4.78, 5) is 9.51. The van der Waals surface area contributed by atoms with E-state index in [9.17, 15) is 15.3 Å². The summed E-state index contributed by atoms with van der Waals surface area (Å²) in [5.41, 5.74) is 0. The van der Waals surface area contributed by atoms with E-state index in [0.29, 0.717) is 6.61 Å². The van der Waals surface area contributed by atoms with Crippen LogP contribution >= 0.6 is 0 Å². The van der Waals surface area contributed by atoms with Crippen LogP contribution in [-0.4, -0.2) is 77.6 Å². The molecule has 5 atom stereocenters. The van der Waals surface area contributed by atoms with Crippen LogP contribution in [0.2, 0.25) is 0 Å². The van der Waals surface area contributed by atoms with E-state index in [1.54, 1.807) is 6.08 Å². The predicted molar refractivity (Wildman–Crippen MR) is 61.8 cm³/mol. The van der Waals surface area contributed by atoms with Gasteiger partial charge in [-0.3, -0.25) is 0 Å². The summed E-state index contributed by atoms with van der Waals surface area (Å²) in [6.45, 7) is 3.67. The molecular weight excluding hydrogens is 260 g/mol. The first-order valence-corrected chi connectivity index (χ1v) is 5.89. The molecule has 1 saturated heterocycles. The summed E-state index contributed by atoms with van der Waals surface area (Å²) in [5, 5.41) is 37.5. The zero-order chi connectivity index (χ0) is 14.3. The first kappa shape index (κ1) is 16.5. The summed E-state index contributed by atoms with van der Waals surface area (Å²) in [6.07, 6.45) is -5.13. The minimum absolute atomic E-state index is 0.0862. The van der Waals surface area contributed by atoms with Crippen LogP contribution in [0.25, 0.3) is 0 Å². The Morgan fingerprint density at radius 2 is 1.84 bits per heavy atom. The van der Waals surface area contributed by atoms with E-state index in [-0.39, 0.29) is 13.2 Å². The fraction of sp³-hybridized carbons (Fsp3) is 0.818. The third-order valence-corrected chi connectivity index (χ3v) is 2.56. The lowest BCUT2D eigenvalue weighted by molar-refractivity contribution is -0.426. The van der Waals surface area contributed by atoms with Crippen molar-refractivity contribution >= 4 is 0 Å². The van der Waals surface area contributed by atoms with Gasteiger partial charge in [0, 0.05) is 0 Å². The molecule has 112 valence electrons. The molecule has 0 bridgehead atoms. The van der Waals surface area contributed by atoms with Crippen LogP contribution in [-0.2, 0) is 19.2 Å². The number of hydrogen-bond acceptors (Lipinski definition) is 8. The Kier molecular flexibility index (Phi) is 7.42. The molecule has 1 unspecified atom stereocenters. The number of aliphatic hydroxyl groups is 4. The molecule has 1 fully saturated rings. The van der Waals surface area contributed by atoms with Crippen molar-refractivity contribution in [2.45, 2.75) is 30.7 Å². The van der Waals surface area contributed by atoms with Crippen LogP contribution in [0.15, 0.2) is 12.7 Å². The lowest BCUT2D eigenvalue weighted by atomic mass is 9.99. The Morgan fingerprint density at radius 3 is 2.47 bits per heavy atom. The van der Waals surface area contributed by atoms with Crippen LogP contribution < -0.4 is 0 Å². The maximum absolute atomic E-state index is 9.60. The summed E-state index contributed by atoms with van der Waals surface area (Å²) in [7, 11) is 0. The Labute approximate surface area is 110 Å². The van der Waals surface area contributed by atoms with Crippen molar-refractivity contribution in [2.75, 3.05) is 26.4 Å². The molecule has 0 aromatic heterocycles. The van der Waals surface area contributed by atoms with Gasteiger partial charge in [0.2, 0.25) is 6.29 Å². The lowest BCUT2D eigenvalue weighted by Gasteiger charge is -2.38. The Bertz CT molecular complexity index is 259. The number of rotatable bonds is 8. The van der Waals surface area contributed by atoms with Crippen molar-refractivity contribution in [3.05, 3.63) is 12.7 Å². The van der Waals surface area contributed by atoms with Crippen LogP contribution in [0.1, 0.15) is 0 Å². The molecule has 4 N–H and O–H groups in total. The zero-order valence-corrected chi connectivity index (χ0v) is 10.4. The van der Waals surface area contributed by atoms with Crippen LogP contribution in [0.5, 0.6) is 0 Å². The molecule has 19 heavy (non-hydrogen) atoms. The van der Waals surface area contributed by atoms with Crippen molar-refractivity contribution in [3.8, 4) is 0 Å². The molecule has 1 aliphatic rings. The van der Waals surface area contributed by atoms with Gasteiger partial charge in [0.1, 0.15) is 31.0 Å². The van der Waals surface area contributed by atoms with Crippen molar-refractivity contribution in [1.82, 2.24) is 0 Å². The molecule has 0 amide bonds. The van der Waals surface area contributed by atoms with Gasteiger partial charge in [-0.05, 0) is 0 Å². The number of hydrogen-bond donors (Lipinski definition) is 4. The van der Waals surface area contributed by atoms with Crippen LogP contribution in [0.3, 0.4) is 0 Å². The highest BCUT2D eigenvalue weighted by Gasteiger charge is 2.44. The normalized spacial score (nSPS) is 35.3. The van der Waals surface area contributed by atoms with Gasteiger partial charge < -0.3 is 29.9 Å². The fourth-order valence-electron chi connectivity index (χ4n) is 1.52. The Hall–Kier alpha value is -0.580. The average molecular weight is 280 g/mol. The first-order chi connectivity index (χ1) is 9.11. The standard InChI is InChI=1S/C11H20O8/c1-2-3-16-4-5-17-19-11-10(15)9(14)8(13)7(6-12)18-11/h2,7-15H,1,3-6H2/t7-,8-,9+,10-,11?/m1/s1. The van der Waals surface area contributed by atoms with Gasteiger partial charge in [-0.25, -0.2) is 9.78 Å². The van der Waals surface area contributed by atoms with Gasteiger partial charge in [0.15, 0.2) is 0 Å². The molecule has 0 aromatic carbocycles. The van der Waals surface area contributed by atoms with Crippen molar-refractivity contribution < 1.29 is 39.7 Å². The Balaban J connectivity index is 2.29. The van der Waals surface area contributed by atoms with E-state index >= 15 is 0 Å². The predicted octanol–water partition coefficient (Wildman–Crippen LogP) is -2.06. The van der Waals surface area contributed by atoms with E-state index in [1.807, 2.05) is 0 Å². The zero-order valence-electron chi connectivity index (χ0n) is 10.4. The third kappa shape index (κ3) is 4.79. The molecule has 0 spiro atoms. The second-order valence-corrected chi connectivity index (χ2v) is 3.98. The molecular formula is C11H20O8. The van der Waals surface area contributed by atoms with Crippen molar-refractivity contribution in [3.63, 3.8) is 0 Å². The smallest absolute Gasteiger partial charge is 0.220 e. The largest absolute Gasteiger partial charge is 0.394 e. The van der Waals surface area contributed by atoms with Gasteiger partial charge in [0.05, 0.1) is 19.8 Å². The van der Waals surface area contributed by atoms with E-state index < -0.39 is 37.3 Å². The van der Waals surface area contributed by atoms with Gasteiger partial charge in [-0.15, -0.1) is 6.58 Å². The number of ether oxygens (including phenoxy) is 2. The van der Waals surface area contributed by atoms with E-state index in [0.717, 1.165) is 0 Å². The highest BCUT2D eigenvalue weighted by atomic mass is 17.2. The van der Waals surface area contributed by atoms with Gasteiger partial charge in [0.25, 0.3) is 0 Å². The van der Waals surface area contributed by atoms with Crippen LogP contribution in [0.4, 0.5) is 0 Å². The molecule has 0 radical (unpaired) electrons. The highest BCUT2D eigenvalue weighted by molar-refractivity contribution is 4.88. The SMILES string of the molecule is C=CCOCCOOC1O[C@H](CO)[C@@H](O)[C@H](O)[C@H]1O. The van der Waals surface area contributed by atoms with Crippen molar-refractivity contribution in [1.29, 1.82) is 0 Å². The minimum Gasteiger partial charge on any atom is -0.394 e. The molecule has 1 rings (SSSR count). The highest BCUT2D eigenvalue weighted by Crippen LogP contribution is 2.21. The van der Waals surface area contributed by atoms with Crippen molar-refractivity contribution in [2.24, 2.45) is 0 Å². The molecule has 8 heteroatoms. The molecule has 0 aliphatic carbocycles. The molecule has 1 heterocycles. The van der Waals surface area contributed by atoms with Gasteiger partial charge in [-0.1, -0.05) is 6.08 Å². The van der Waals surface area contributed by atoms with E-state index in [1.165, 1.54) is 0 Å². The van der Waals surface area contributed by atoms with Gasteiger partial charge >= 0.3 is 0 Å². The maximum Gasteiger partial charge on any atom is 0.220 e. The third-order valence-electron chi connectivity index (χ3n) is 2.56. The second kappa shape index (κ2) is 8.56. The summed E-state index contributed by atoms with van der Waals surface area (Å²) in [6, 6.07) is 0. The first-order valence-electron chi connectivity index (χ1n) is 5.89. The topological polar surface area (TPSA) is 118 Å². The van der Waals surface area contributed by atoms with E-state index in [4.69, 9.17) is 24.4 Å². The Morgan fingerprint density at radius 1 is 1.11 bits per heavy atom. The van der Waals surface area contributed by atoms with Gasteiger partial charge in [-0.2, -0.15) is 0 Å². The van der Waals surface area contributed by atoms with Crippen LogP contribution in [0, 0.1) is 0 Å². The maximum atomic E-state index is 9.60. The summed E-state index contributed by atoms with van der Waals surface area (Å²) >= 11 is 0. The molecule has 0 saturated carbocycles.